The van der Waals surface area contributed by atoms with E-state index in [2.05, 4.69) is 0 Å². The Balaban J connectivity index is 2.87. The van der Waals surface area contributed by atoms with Crippen molar-refractivity contribution >= 4 is 28.4 Å². The van der Waals surface area contributed by atoms with Crippen molar-refractivity contribution in [3.8, 4) is 0 Å². The molecule has 5 heteroatoms. The summed E-state index contributed by atoms with van der Waals surface area (Å²) in [6.07, 6.45) is 0. The highest BCUT2D eigenvalue weighted by Gasteiger charge is 2.22. The second-order valence-corrected chi connectivity index (χ2v) is 3.71. The van der Waals surface area contributed by atoms with Crippen LogP contribution in [0, 0.1) is 0 Å². The fraction of sp³-hybridized carbons (Fsp3) is 0. The van der Waals surface area contributed by atoms with Gasteiger partial charge in [0.2, 0.25) is 0 Å². The summed E-state index contributed by atoms with van der Waals surface area (Å²) in [4.78, 5) is 33.8. The maximum absolute atomic E-state index is 11.7. The maximum atomic E-state index is 11.7. The SMILES string of the molecule is NC(=O)C(=O)c1c(C(=O)O)ccc2ccccc12. The number of ketones is 1. The smallest absolute Gasteiger partial charge is 0.336 e. The quantitative estimate of drug-likeness (QED) is 0.625. The van der Waals surface area contributed by atoms with Gasteiger partial charge >= 0.3 is 5.97 Å². The Labute approximate surface area is 102 Å². The average molecular weight is 243 g/mol. The molecule has 2 aromatic rings. The number of carboxylic acids is 1. The van der Waals surface area contributed by atoms with E-state index in [0.717, 1.165) is 0 Å². The van der Waals surface area contributed by atoms with Gasteiger partial charge in [0, 0.05) is 0 Å². The van der Waals surface area contributed by atoms with Crippen LogP contribution < -0.4 is 5.73 Å². The van der Waals surface area contributed by atoms with Crippen LogP contribution in [0.4, 0.5) is 0 Å². The fourth-order valence-electron chi connectivity index (χ4n) is 1.82. The first-order chi connectivity index (χ1) is 8.52. The van der Waals surface area contributed by atoms with Crippen LogP contribution in [0.3, 0.4) is 0 Å². The number of nitrogens with two attached hydrogens (primary N) is 1. The molecule has 0 fully saturated rings. The predicted octanol–water partition coefficient (Wildman–Crippen LogP) is 1.21. The zero-order valence-corrected chi connectivity index (χ0v) is 9.21. The number of aromatic carboxylic acids is 1. The number of carbonyl (C=O) groups excluding carboxylic acids is 2. The van der Waals surface area contributed by atoms with Gasteiger partial charge in [-0.25, -0.2) is 4.79 Å². The van der Waals surface area contributed by atoms with E-state index in [1.54, 1.807) is 30.3 Å². The highest BCUT2D eigenvalue weighted by atomic mass is 16.4. The van der Waals surface area contributed by atoms with Crippen molar-refractivity contribution < 1.29 is 19.5 Å². The van der Waals surface area contributed by atoms with Crippen molar-refractivity contribution in [1.82, 2.24) is 0 Å². The number of carbonyl (C=O) groups is 3. The first-order valence-electron chi connectivity index (χ1n) is 5.11. The third-order valence-electron chi connectivity index (χ3n) is 2.61. The first kappa shape index (κ1) is 11.8. The standard InChI is InChI=1S/C13H9NO4/c14-12(16)11(15)10-8-4-2-1-3-7(8)5-6-9(10)13(17)18/h1-6H,(H2,14,16)(H,17,18). The van der Waals surface area contributed by atoms with E-state index < -0.39 is 17.7 Å². The van der Waals surface area contributed by atoms with Gasteiger partial charge < -0.3 is 10.8 Å². The van der Waals surface area contributed by atoms with Gasteiger partial charge in [-0.15, -0.1) is 0 Å². The van der Waals surface area contributed by atoms with Crippen molar-refractivity contribution in [3.05, 3.63) is 47.5 Å². The van der Waals surface area contributed by atoms with E-state index in [9.17, 15) is 14.4 Å². The largest absolute Gasteiger partial charge is 0.478 e. The lowest BCUT2D eigenvalue weighted by atomic mass is 9.95. The molecule has 0 radical (unpaired) electrons. The van der Waals surface area contributed by atoms with Crippen LogP contribution in [-0.2, 0) is 4.79 Å². The van der Waals surface area contributed by atoms with Crippen LogP contribution in [0.2, 0.25) is 0 Å². The Morgan fingerprint density at radius 3 is 2.28 bits per heavy atom. The molecule has 0 aliphatic carbocycles. The summed E-state index contributed by atoms with van der Waals surface area (Å²) in [6, 6.07) is 9.58. The lowest BCUT2D eigenvalue weighted by molar-refractivity contribution is -0.114. The topological polar surface area (TPSA) is 97.5 Å². The van der Waals surface area contributed by atoms with Gasteiger partial charge in [0.1, 0.15) is 0 Å². The number of hydrogen-bond donors (Lipinski definition) is 2. The minimum absolute atomic E-state index is 0.159. The minimum atomic E-state index is -1.27. The van der Waals surface area contributed by atoms with Crippen molar-refractivity contribution in [2.24, 2.45) is 5.73 Å². The normalized spacial score (nSPS) is 10.2. The number of amides is 1. The Morgan fingerprint density at radius 1 is 1.00 bits per heavy atom. The van der Waals surface area contributed by atoms with Crippen molar-refractivity contribution in [1.29, 1.82) is 0 Å². The number of benzene rings is 2. The van der Waals surface area contributed by atoms with Crippen LogP contribution in [0.15, 0.2) is 36.4 Å². The Morgan fingerprint density at radius 2 is 1.67 bits per heavy atom. The number of primary amides is 1. The molecule has 0 saturated heterocycles. The highest BCUT2D eigenvalue weighted by Crippen LogP contribution is 2.23. The van der Waals surface area contributed by atoms with E-state index in [4.69, 9.17) is 10.8 Å². The van der Waals surface area contributed by atoms with E-state index in [-0.39, 0.29) is 11.1 Å². The van der Waals surface area contributed by atoms with Gasteiger partial charge in [-0.05, 0) is 16.8 Å². The van der Waals surface area contributed by atoms with Gasteiger partial charge in [-0.3, -0.25) is 9.59 Å². The molecule has 0 aliphatic heterocycles. The highest BCUT2D eigenvalue weighted by molar-refractivity contribution is 6.45. The summed E-state index contributed by atoms with van der Waals surface area (Å²) in [7, 11) is 0. The third kappa shape index (κ3) is 1.82. The molecule has 0 saturated carbocycles. The molecule has 0 aliphatic rings. The van der Waals surface area contributed by atoms with Crippen molar-refractivity contribution in [3.63, 3.8) is 0 Å². The van der Waals surface area contributed by atoms with Crippen LogP contribution in [0.25, 0.3) is 10.8 Å². The van der Waals surface area contributed by atoms with E-state index in [1.807, 2.05) is 0 Å². The Bertz CT molecular complexity index is 676. The number of hydrogen-bond acceptors (Lipinski definition) is 3. The Hall–Kier alpha value is -2.69. The zero-order chi connectivity index (χ0) is 13.3. The van der Waals surface area contributed by atoms with Crippen molar-refractivity contribution in [2.75, 3.05) is 0 Å². The van der Waals surface area contributed by atoms with Gasteiger partial charge in [0.05, 0.1) is 11.1 Å². The van der Waals surface area contributed by atoms with E-state index >= 15 is 0 Å². The van der Waals surface area contributed by atoms with Gasteiger partial charge in [-0.1, -0.05) is 30.3 Å². The molecule has 2 aromatic carbocycles. The summed E-state index contributed by atoms with van der Waals surface area (Å²) in [5, 5.41) is 10.1. The molecule has 0 unspecified atom stereocenters. The molecular formula is C13H9NO4. The molecule has 5 nitrogen and oxygen atoms in total. The Kier molecular flexibility index (Phi) is 2.81. The zero-order valence-electron chi connectivity index (χ0n) is 9.21. The van der Waals surface area contributed by atoms with Gasteiger partial charge in [-0.2, -0.15) is 0 Å². The van der Waals surface area contributed by atoms with Crippen LogP contribution >= 0.6 is 0 Å². The minimum Gasteiger partial charge on any atom is -0.478 e. The number of fused-ring (bicyclic) bond motifs is 1. The fourth-order valence-corrected chi connectivity index (χ4v) is 1.82. The lowest BCUT2D eigenvalue weighted by Gasteiger charge is -2.07. The molecule has 0 aromatic heterocycles. The first-order valence-corrected chi connectivity index (χ1v) is 5.11. The predicted molar refractivity (Wildman–Crippen MR) is 64.4 cm³/mol. The second-order valence-electron chi connectivity index (χ2n) is 3.71. The summed E-state index contributed by atoms with van der Waals surface area (Å²) in [6.45, 7) is 0. The van der Waals surface area contributed by atoms with Gasteiger partial charge in [0.15, 0.2) is 0 Å². The molecule has 0 atom stereocenters. The molecule has 0 spiro atoms. The molecule has 90 valence electrons. The second kappa shape index (κ2) is 4.29. The van der Waals surface area contributed by atoms with Crippen LogP contribution in [-0.4, -0.2) is 22.8 Å². The molecule has 2 rings (SSSR count). The van der Waals surface area contributed by atoms with E-state index in [1.165, 1.54) is 6.07 Å². The summed E-state index contributed by atoms with van der Waals surface area (Å²) in [5.41, 5.74) is 4.56. The molecule has 3 N–H and O–H groups in total. The van der Waals surface area contributed by atoms with Gasteiger partial charge in [0.25, 0.3) is 11.7 Å². The number of Topliss-reactive ketones (excluding diaryl/α,β-unsaturated/α-hetero) is 1. The molecule has 0 bridgehead atoms. The van der Waals surface area contributed by atoms with E-state index in [0.29, 0.717) is 10.8 Å². The summed E-state index contributed by atoms with van der Waals surface area (Å²) < 4.78 is 0. The summed E-state index contributed by atoms with van der Waals surface area (Å²) in [5.74, 6) is -3.44. The molecular weight excluding hydrogens is 234 g/mol. The molecule has 0 heterocycles. The maximum Gasteiger partial charge on any atom is 0.336 e. The number of rotatable bonds is 3. The lowest BCUT2D eigenvalue weighted by Crippen LogP contribution is -2.25. The molecule has 18 heavy (non-hydrogen) atoms. The summed E-state index contributed by atoms with van der Waals surface area (Å²) >= 11 is 0. The molecule has 1 amide bonds. The van der Waals surface area contributed by atoms with Crippen LogP contribution in [0.5, 0.6) is 0 Å². The van der Waals surface area contributed by atoms with Crippen LogP contribution in [0.1, 0.15) is 20.7 Å². The third-order valence-corrected chi connectivity index (χ3v) is 2.61. The monoisotopic (exact) mass is 243 g/mol. The van der Waals surface area contributed by atoms with Crippen molar-refractivity contribution in [2.45, 2.75) is 0 Å². The average Bonchev–Trinajstić information content (AvgIpc) is 2.36. The number of carboxylic acid groups (broad SMARTS) is 1.